The van der Waals surface area contributed by atoms with Gasteiger partial charge in [-0.2, -0.15) is 17.5 Å². The third-order valence-corrected chi connectivity index (χ3v) is 8.30. The average molecular weight is 491 g/mol. The van der Waals surface area contributed by atoms with Crippen LogP contribution in [0.5, 0.6) is 0 Å². The summed E-state index contributed by atoms with van der Waals surface area (Å²) < 4.78 is 64.5. The van der Waals surface area contributed by atoms with Gasteiger partial charge in [0, 0.05) is 29.8 Å². The van der Waals surface area contributed by atoms with E-state index < -0.39 is 22.2 Å². The number of nitrogens with zero attached hydrogens (tertiary/aromatic N) is 2. The lowest BCUT2D eigenvalue weighted by Gasteiger charge is -2.46. The van der Waals surface area contributed by atoms with Crippen molar-refractivity contribution < 1.29 is 36.2 Å². The summed E-state index contributed by atoms with van der Waals surface area (Å²) in [7, 11) is -3.37. The molecule has 2 aromatic rings. The van der Waals surface area contributed by atoms with E-state index in [1.54, 1.807) is 34.8 Å². The molecule has 2 saturated heterocycles. The van der Waals surface area contributed by atoms with Gasteiger partial charge >= 0.3 is 12.1 Å². The SMILES string of the molecule is O=C(O)C(F)(F)F.O=S(=O)(c1ccccc1)N1CC2(CC(OCc3ccccn3)CS2)C1. The van der Waals surface area contributed by atoms with Gasteiger partial charge in [-0.3, -0.25) is 4.98 Å². The van der Waals surface area contributed by atoms with E-state index >= 15 is 0 Å². The number of thioether (sulfide) groups is 1. The van der Waals surface area contributed by atoms with Gasteiger partial charge in [0.05, 0.1) is 23.3 Å². The number of alkyl halides is 3. The lowest BCUT2D eigenvalue weighted by Crippen LogP contribution is -2.60. The van der Waals surface area contributed by atoms with Gasteiger partial charge in [0.1, 0.15) is 0 Å². The molecule has 4 rings (SSSR count). The molecule has 1 aromatic carbocycles. The zero-order chi connectivity index (χ0) is 23.4. The highest BCUT2D eigenvalue weighted by Gasteiger charge is 2.53. The van der Waals surface area contributed by atoms with Crippen molar-refractivity contribution in [1.82, 2.24) is 9.29 Å². The van der Waals surface area contributed by atoms with Crippen molar-refractivity contribution in [3.63, 3.8) is 0 Å². The lowest BCUT2D eigenvalue weighted by molar-refractivity contribution is -0.192. The van der Waals surface area contributed by atoms with Crippen molar-refractivity contribution in [1.29, 1.82) is 0 Å². The van der Waals surface area contributed by atoms with E-state index in [1.165, 1.54) is 0 Å². The topological polar surface area (TPSA) is 96.8 Å². The van der Waals surface area contributed by atoms with Crippen LogP contribution >= 0.6 is 11.8 Å². The highest BCUT2D eigenvalue weighted by molar-refractivity contribution is 8.01. The summed E-state index contributed by atoms with van der Waals surface area (Å²) >= 11 is 1.84. The molecule has 2 aliphatic heterocycles. The number of pyridine rings is 1. The molecule has 1 atom stereocenters. The second-order valence-corrected chi connectivity index (χ2v) is 10.8. The number of benzene rings is 1. The highest BCUT2D eigenvalue weighted by Crippen LogP contribution is 2.47. The number of hydrogen-bond donors (Lipinski definition) is 1. The van der Waals surface area contributed by atoms with E-state index in [1.807, 2.05) is 36.0 Å². The third kappa shape index (κ3) is 6.00. The fraction of sp³-hybridized carbons (Fsp3) is 0.400. The molecule has 174 valence electrons. The predicted octanol–water partition coefficient (Wildman–Crippen LogP) is 3.18. The Balaban J connectivity index is 0.000000360. The van der Waals surface area contributed by atoms with Crippen LogP contribution in [0.15, 0.2) is 59.6 Å². The van der Waals surface area contributed by atoms with Gasteiger partial charge < -0.3 is 9.84 Å². The van der Waals surface area contributed by atoms with Gasteiger partial charge in [0.2, 0.25) is 10.0 Å². The first-order chi connectivity index (χ1) is 15.0. The maximum Gasteiger partial charge on any atom is 0.490 e. The number of rotatable bonds is 5. The van der Waals surface area contributed by atoms with E-state index in [2.05, 4.69) is 4.98 Å². The van der Waals surface area contributed by atoms with Crippen molar-refractivity contribution >= 4 is 27.8 Å². The number of hydrogen-bond acceptors (Lipinski definition) is 6. The number of ether oxygens (including phenoxy) is 1. The molecule has 2 fully saturated rings. The molecule has 12 heteroatoms. The van der Waals surface area contributed by atoms with Gasteiger partial charge in [-0.05, 0) is 30.7 Å². The molecule has 7 nitrogen and oxygen atoms in total. The summed E-state index contributed by atoms with van der Waals surface area (Å²) in [6.45, 7) is 1.64. The number of carbonyl (C=O) groups is 1. The Morgan fingerprint density at radius 1 is 1.19 bits per heavy atom. The highest BCUT2D eigenvalue weighted by atomic mass is 32.2. The van der Waals surface area contributed by atoms with E-state index in [0.717, 1.165) is 17.9 Å². The number of carboxylic acids is 1. The molecule has 1 unspecified atom stereocenters. The zero-order valence-corrected chi connectivity index (χ0v) is 18.4. The van der Waals surface area contributed by atoms with Crippen LogP contribution < -0.4 is 0 Å². The Bertz CT molecular complexity index is 1010. The molecule has 1 N–H and O–H groups in total. The summed E-state index contributed by atoms with van der Waals surface area (Å²) in [6, 6.07) is 14.4. The first kappa shape index (κ1) is 24.5. The molecule has 0 amide bonds. The van der Waals surface area contributed by atoms with Gasteiger partial charge in [0.25, 0.3) is 0 Å². The fourth-order valence-corrected chi connectivity index (χ4v) is 6.67. The Labute approximate surface area is 187 Å². The quantitative estimate of drug-likeness (QED) is 0.688. The lowest BCUT2D eigenvalue weighted by atomic mass is 9.95. The number of halogens is 3. The fourth-order valence-electron chi connectivity index (χ4n) is 3.32. The van der Waals surface area contributed by atoms with Crippen molar-refractivity contribution in [2.75, 3.05) is 18.8 Å². The molecule has 0 radical (unpaired) electrons. The molecular weight excluding hydrogens is 469 g/mol. The summed E-state index contributed by atoms with van der Waals surface area (Å²) in [6.07, 6.45) is -2.26. The Morgan fingerprint density at radius 2 is 1.81 bits per heavy atom. The summed E-state index contributed by atoms with van der Waals surface area (Å²) in [5.74, 6) is -1.85. The van der Waals surface area contributed by atoms with Crippen LogP contribution in [-0.2, 0) is 26.2 Å². The molecule has 0 saturated carbocycles. The number of aromatic nitrogens is 1. The molecule has 0 aliphatic carbocycles. The van der Waals surface area contributed by atoms with Crippen LogP contribution in [0.1, 0.15) is 12.1 Å². The summed E-state index contributed by atoms with van der Waals surface area (Å²) in [5, 5.41) is 7.12. The van der Waals surface area contributed by atoms with Crippen molar-refractivity contribution in [2.45, 2.75) is 35.0 Å². The van der Waals surface area contributed by atoms with Gasteiger partial charge in [-0.1, -0.05) is 24.3 Å². The van der Waals surface area contributed by atoms with Crippen LogP contribution in [0, 0.1) is 0 Å². The van der Waals surface area contributed by atoms with E-state index in [-0.39, 0.29) is 10.9 Å². The van der Waals surface area contributed by atoms with Crippen molar-refractivity contribution in [3.8, 4) is 0 Å². The smallest absolute Gasteiger partial charge is 0.475 e. The maximum absolute atomic E-state index is 12.6. The predicted molar refractivity (Wildman–Crippen MR) is 112 cm³/mol. The van der Waals surface area contributed by atoms with Crippen LogP contribution in [0.2, 0.25) is 0 Å². The number of aliphatic carboxylic acids is 1. The summed E-state index contributed by atoms with van der Waals surface area (Å²) in [5.41, 5.74) is 0.926. The van der Waals surface area contributed by atoms with Crippen molar-refractivity contribution in [2.24, 2.45) is 0 Å². The van der Waals surface area contributed by atoms with Crippen molar-refractivity contribution in [3.05, 3.63) is 60.4 Å². The standard InChI is InChI=1S/C18H20N2O3S2.C2HF3O2/c21-25(22,17-7-2-1-3-8-17)20-13-18(14-20)10-16(12-24-18)23-11-15-6-4-5-9-19-15;3-2(4,5)1(6)7/h1-9,16H,10-14H2;(H,6,7). The normalized spacial score (nSPS) is 20.3. The Morgan fingerprint density at radius 3 is 2.38 bits per heavy atom. The van der Waals surface area contributed by atoms with E-state index in [0.29, 0.717) is 24.6 Å². The minimum Gasteiger partial charge on any atom is -0.475 e. The largest absolute Gasteiger partial charge is 0.490 e. The molecule has 32 heavy (non-hydrogen) atoms. The van der Waals surface area contributed by atoms with Crippen LogP contribution in [0.4, 0.5) is 13.2 Å². The molecule has 3 heterocycles. The molecular formula is C20H21F3N2O5S2. The molecule has 1 aromatic heterocycles. The van der Waals surface area contributed by atoms with E-state index in [9.17, 15) is 21.6 Å². The Kier molecular flexibility index (Phi) is 7.48. The average Bonchev–Trinajstić information content (AvgIpc) is 3.17. The van der Waals surface area contributed by atoms with E-state index in [4.69, 9.17) is 14.6 Å². The first-order valence-electron chi connectivity index (χ1n) is 9.53. The maximum atomic E-state index is 12.6. The van der Waals surface area contributed by atoms with Gasteiger partial charge in [-0.15, -0.1) is 11.8 Å². The number of sulfonamides is 1. The Hall–Kier alpha value is -2.15. The van der Waals surface area contributed by atoms with Gasteiger partial charge in [-0.25, -0.2) is 13.2 Å². The summed E-state index contributed by atoms with van der Waals surface area (Å²) in [4.78, 5) is 13.5. The molecule has 2 aliphatic rings. The number of carboxylic acid groups (broad SMARTS) is 1. The molecule has 1 spiro atoms. The second kappa shape index (κ2) is 9.77. The first-order valence-corrected chi connectivity index (χ1v) is 12.0. The second-order valence-electron chi connectivity index (χ2n) is 7.34. The minimum absolute atomic E-state index is 0.0105. The van der Waals surface area contributed by atoms with Crippen LogP contribution in [0.25, 0.3) is 0 Å². The van der Waals surface area contributed by atoms with Gasteiger partial charge in [0.15, 0.2) is 0 Å². The monoisotopic (exact) mass is 490 g/mol. The van der Waals surface area contributed by atoms with Crippen LogP contribution in [0.3, 0.4) is 0 Å². The zero-order valence-electron chi connectivity index (χ0n) is 16.7. The minimum atomic E-state index is -5.08. The third-order valence-electron chi connectivity index (χ3n) is 4.92. The van der Waals surface area contributed by atoms with Crippen LogP contribution in [-0.4, -0.2) is 64.7 Å². The molecule has 0 bridgehead atoms.